The molecule has 0 fully saturated rings. The van der Waals surface area contributed by atoms with Crippen molar-refractivity contribution in [2.24, 2.45) is 0 Å². The minimum atomic E-state index is -4.98. The molecule has 38 heavy (non-hydrogen) atoms. The van der Waals surface area contributed by atoms with Crippen LogP contribution in [0.4, 0.5) is 26.3 Å². The van der Waals surface area contributed by atoms with Crippen LogP contribution < -0.4 is 5.32 Å². The van der Waals surface area contributed by atoms with E-state index in [0.29, 0.717) is 12.1 Å². The SMILES string of the molecule is C/C=C/CC(=O)C[C@@H](C)NC(=O)c1ccc(/C=C/C(c2cc(Cl)c(Cl)c(Cl)c2)C(F)(F)F)cc1C(F)(F)F. The molecule has 12 heteroatoms. The van der Waals surface area contributed by atoms with Gasteiger partial charge in [-0.05, 0) is 49.2 Å². The van der Waals surface area contributed by atoms with Gasteiger partial charge >= 0.3 is 12.4 Å². The summed E-state index contributed by atoms with van der Waals surface area (Å²) in [6, 6.07) is 3.71. The molecule has 0 saturated heterocycles. The van der Waals surface area contributed by atoms with Crippen molar-refractivity contribution in [1.82, 2.24) is 5.32 Å². The van der Waals surface area contributed by atoms with Crippen molar-refractivity contribution in [1.29, 1.82) is 0 Å². The van der Waals surface area contributed by atoms with Gasteiger partial charge in [0.15, 0.2) is 0 Å². The molecule has 3 nitrogen and oxygen atoms in total. The average Bonchev–Trinajstić information content (AvgIpc) is 2.79. The number of amides is 1. The minimum absolute atomic E-state index is 0.0875. The number of hydrogen-bond acceptors (Lipinski definition) is 2. The molecule has 0 aliphatic rings. The highest BCUT2D eigenvalue weighted by Gasteiger charge is 2.40. The highest BCUT2D eigenvalue weighted by atomic mass is 35.5. The van der Waals surface area contributed by atoms with Crippen molar-refractivity contribution >= 4 is 52.6 Å². The third kappa shape index (κ3) is 8.78. The number of carbonyl (C=O) groups excluding carboxylic acids is 2. The predicted octanol–water partition coefficient (Wildman–Crippen LogP) is 9.07. The summed E-state index contributed by atoms with van der Waals surface area (Å²) in [6.45, 7) is 3.20. The van der Waals surface area contributed by atoms with Gasteiger partial charge < -0.3 is 5.32 Å². The van der Waals surface area contributed by atoms with Crippen LogP contribution in [0.1, 0.15) is 59.7 Å². The Morgan fingerprint density at radius 3 is 2.13 bits per heavy atom. The maximum Gasteiger partial charge on any atom is 0.417 e. The summed E-state index contributed by atoms with van der Waals surface area (Å²) in [5, 5.41) is 1.78. The fourth-order valence-corrected chi connectivity index (χ4v) is 4.11. The normalized spacial score (nSPS) is 14.2. The molecule has 1 amide bonds. The predicted molar refractivity (Wildman–Crippen MR) is 137 cm³/mol. The fraction of sp³-hybridized carbons (Fsp3) is 0.308. The molecule has 1 unspecified atom stereocenters. The van der Waals surface area contributed by atoms with Crippen molar-refractivity contribution in [3.8, 4) is 0 Å². The molecule has 2 atom stereocenters. The summed E-state index contributed by atoms with van der Waals surface area (Å²) in [4.78, 5) is 24.4. The van der Waals surface area contributed by atoms with Crippen molar-refractivity contribution in [3.63, 3.8) is 0 Å². The Bertz CT molecular complexity index is 1220. The number of rotatable bonds is 9. The van der Waals surface area contributed by atoms with Crippen LogP contribution in [0, 0.1) is 0 Å². The van der Waals surface area contributed by atoms with E-state index >= 15 is 0 Å². The van der Waals surface area contributed by atoms with Gasteiger partial charge in [0, 0.05) is 18.9 Å². The van der Waals surface area contributed by atoms with E-state index in [9.17, 15) is 35.9 Å². The van der Waals surface area contributed by atoms with Crippen molar-refractivity contribution in [2.75, 3.05) is 0 Å². The molecule has 0 aromatic heterocycles. The quantitative estimate of drug-likeness (QED) is 0.177. The molecule has 0 aliphatic carbocycles. The van der Waals surface area contributed by atoms with Gasteiger partial charge in [-0.2, -0.15) is 26.3 Å². The van der Waals surface area contributed by atoms with Gasteiger partial charge in [0.1, 0.15) is 5.78 Å². The smallest absolute Gasteiger partial charge is 0.349 e. The molecule has 206 valence electrons. The van der Waals surface area contributed by atoms with Gasteiger partial charge in [-0.3, -0.25) is 9.59 Å². The highest BCUT2D eigenvalue weighted by Crippen LogP contribution is 2.41. The van der Waals surface area contributed by atoms with Gasteiger partial charge in [0.25, 0.3) is 5.91 Å². The molecule has 2 aromatic rings. The number of ketones is 1. The van der Waals surface area contributed by atoms with Gasteiger partial charge in [0.05, 0.1) is 32.1 Å². The number of hydrogen-bond donors (Lipinski definition) is 1. The minimum Gasteiger partial charge on any atom is -0.349 e. The third-order valence-corrected chi connectivity index (χ3v) is 6.48. The second-order valence-corrected chi connectivity index (χ2v) is 9.56. The van der Waals surface area contributed by atoms with Gasteiger partial charge in [0.2, 0.25) is 0 Å². The second kappa shape index (κ2) is 13.0. The molecule has 2 aromatic carbocycles. The van der Waals surface area contributed by atoms with E-state index in [1.807, 2.05) is 0 Å². The van der Waals surface area contributed by atoms with E-state index in [-0.39, 0.29) is 44.8 Å². The Morgan fingerprint density at radius 1 is 1.00 bits per heavy atom. The zero-order valence-corrected chi connectivity index (χ0v) is 22.3. The number of halogens is 9. The summed E-state index contributed by atoms with van der Waals surface area (Å²) >= 11 is 17.5. The van der Waals surface area contributed by atoms with Crippen molar-refractivity contribution in [2.45, 2.75) is 51.0 Å². The maximum absolute atomic E-state index is 13.8. The number of carbonyl (C=O) groups is 2. The second-order valence-electron chi connectivity index (χ2n) is 8.37. The average molecular weight is 601 g/mol. The third-order valence-electron chi connectivity index (χ3n) is 5.29. The molecule has 1 N–H and O–H groups in total. The summed E-state index contributed by atoms with van der Waals surface area (Å²) < 4.78 is 82.6. The largest absolute Gasteiger partial charge is 0.417 e. The van der Waals surface area contributed by atoms with E-state index in [2.05, 4.69) is 5.32 Å². The molecule has 0 heterocycles. The summed E-state index contributed by atoms with van der Waals surface area (Å²) in [7, 11) is 0. The van der Waals surface area contributed by atoms with E-state index in [1.165, 1.54) is 6.92 Å². The van der Waals surface area contributed by atoms with Gasteiger partial charge in [-0.25, -0.2) is 0 Å². The Labute approximate surface area is 230 Å². The number of nitrogens with one attached hydrogen (secondary N) is 1. The highest BCUT2D eigenvalue weighted by molar-refractivity contribution is 6.48. The first-order valence-corrected chi connectivity index (χ1v) is 12.2. The molecule has 2 rings (SSSR count). The topological polar surface area (TPSA) is 46.2 Å². The molecule has 0 aliphatic heterocycles. The standard InChI is InChI=1S/C26H22Cl3F6NO2/c1-3-4-5-17(37)10-14(2)36-24(38)18-8-6-15(11-20(18)26(33,34)35)7-9-19(25(30,31)32)16-12-21(27)23(29)22(28)13-16/h3-4,6-9,11-14,19H,5,10H2,1-2H3,(H,36,38)/b4-3+,9-7+/t14-,19?/m1/s1. The lowest BCUT2D eigenvalue weighted by molar-refractivity contribution is -0.139. The van der Waals surface area contributed by atoms with Crippen molar-refractivity contribution < 1.29 is 35.9 Å². The summed E-state index contributed by atoms with van der Waals surface area (Å²) in [6.07, 6.45) is -4.98. The van der Waals surface area contributed by atoms with Crippen molar-refractivity contribution in [3.05, 3.63) is 85.9 Å². The molecule has 0 bridgehead atoms. The van der Waals surface area contributed by atoms with E-state index < -0.39 is 41.3 Å². The number of allylic oxidation sites excluding steroid dienone is 3. The summed E-state index contributed by atoms with van der Waals surface area (Å²) in [5.41, 5.74) is -2.67. The van der Waals surface area contributed by atoms with Crippen LogP contribution in [0.15, 0.2) is 48.6 Å². The zero-order chi connectivity index (χ0) is 28.8. The Balaban J connectivity index is 2.37. The Morgan fingerprint density at radius 2 is 1.61 bits per heavy atom. The lowest BCUT2D eigenvalue weighted by Gasteiger charge is -2.19. The molecular weight excluding hydrogens is 579 g/mol. The number of Topliss-reactive ketones (excluding diaryl/α,β-unsaturated/α-hetero) is 1. The Kier molecular flexibility index (Phi) is 10.9. The first-order valence-electron chi connectivity index (χ1n) is 11.1. The van der Waals surface area contributed by atoms with Crippen LogP contribution in [-0.4, -0.2) is 23.9 Å². The fourth-order valence-electron chi connectivity index (χ4n) is 3.50. The molecular formula is C26H22Cl3F6NO2. The van der Waals surface area contributed by atoms with Crippen LogP contribution in [0.5, 0.6) is 0 Å². The van der Waals surface area contributed by atoms with Crippen LogP contribution in [0.3, 0.4) is 0 Å². The number of benzene rings is 2. The zero-order valence-electron chi connectivity index (χ0n) is 20.0. The lowest BCUT2D eigenvalue weighted by atomic mass is 9.96. The lowest BCUT2D eigenvalue weighted by Crippen LogP contribution is -2.35. The van der Waals surface area contributed by atoms with Crippen LogP contribution in [-0.2, 0) is 11.0 Å². The maximum atomic E-state index is 13.8. The van der Waals surface area contributed by atoms with Gasteiger partial charge in [-0.15, -0.1) is 0 Å². The molecule has 0 spiro atoms. The monoisotopic (exact) mass is 599 g/mol. The number of alkyl halides is 6. The first-order chi connectivity index (χ1) is 17.5. The molecule has 0 radical (unpaired) electrons. The van der Waals surface area contributed by atoms with Crippen LogP contribution >= 0.6 is 34.8 Å². The van der Waals surface area contributed by atoms with Crippen LogP contribution in [0.2, 0.25) is 15.1 Å². The molecule has 0 saturated carbocycles. The first kappa shape index (κ1) is 31.7. The summed E-state index contributed by atoms with van der Waals surface area (Å²) in [5.74, 6) is -3.54. The van der Waals surface area contributed by atoms with E-state index in [4.69, 9.17) is 34.8 Å². The van der Waals surface area contributed by atoms with Crippen LogP contribution in [0.25, 0.3) is 6.08 Å². The Hall–Kier alpha value is -2.49. The van der Waals surface area contributed by atoms with Gasteiger partial charge in [-0.1, -0.05) is 65.2 Å². The van der Waals surface area contributed by atoms with E-state index in [1.54, 1.807) is 19.1 Å². The van der Waals surface area contributed by atoms with E-state index in [0.717, 1.165) is 30.3 Å².